The van der Waals surface area contributed by atoms with Gasteiger partial charge >= 0.3 is 0 Å². The summed E-state index contributed by atoms with van der Waals surface area (Å²) in [5, 5.41) is 10.1. The molecule has 0 unspecified atom stereocenters. The maximum Gasteiger partial charge on any atom is 0.0676 e. The van der Waals surface area contributed by atoms with Crippen molar-refractivity contribution >= 4 is 0 Å². The molecule has 0 aliphatic carbocycles. The molecule has 0 aromatic rings. The van der Waals surface area contributed by atoms with Crippen molar-refractivity contribution in [1.29, 1.82) is 0 Å². The van der Waals surface area contributed by atoms with Crippen LogP contribution in [0.1, 0.15) is 112 Å². The molecule has 0 radical (unpaired) electrons. The number of rotatable bonds is 14. The van der Waals surface area contributed by atoms with Crippen LogP contribution in [0.25, 0.3) is 0 Å². The lowest BCUT2D eigenvalue weighted by molar-refractivity contribution is -0.00751. The fraction of sp³-hybridized carbons (Fsp3) is 0.905. The smallest absolute Gasteiger partial charge is 0.0676 e. The molecule has 132 valence electrons. The first-order chi connectivity index (χ1) is 10.3. The van der Waals surface area contributed by atoms with Gasteiger partial charge in [-0.15, -0.1) is 0 Å². The second-order valence-corrected chi connectivity index (χ2v) is 8.01. The van der Waals surface area contributed by atoms with Crippen LogP contribution in [0.4, 0.5) is 0 Å². The van der Waals surface area contributed by atoms with E-state index in [2.05, 4.69) is 32.9 Å². The van der Waals surface area contributed by atoms with E-state index in [1.165, 1.54) is 70.6 Å². The van der Waals surface area contributed by atoms with Crippen molar-refractivity contribution in [2.24, 2.45) is 5.41 Å². The Bertz CT molecular complexity index is 270. The molecule has 0 spiro atoms. The molecular weight excluding hydrogens is 268 g/mol. The highest BCUT2D eigenvalue weighted by Gasteiger charge is 2.31. The van der Waals surface area contributed by atoms with Crippen LogP contribution in [0.3, 0.4) is 0 Å². The van der Waals surface area contributed by atoms with Crippen LogP contribution in [0.5, 0.6) is 0 Å². The van der Waals surface area contributed by atoms with Gasteiger partial charge in [0.1, 0.15) is 0 Å². The first kappa shape index (κ1) is 21.7. The Balaban J connectivity index is 3.41. The van der Waals surface area contributed by atoms with Crippen molar-refractivity contribution in [2.75, 3.05) is 0 Å². The number of hydrogen-bond donors (Lipinski definition) is 1. The van der Waals surface area contributed by atoms with E-state index in [1.54, 1.807) is 0 Å². The lowest BCUT2D eigenvalue weighted by Crippen LogP contribution is -2.37. The molecule has 0 rings (SSSR count). The minimum absolute atomic E-state index is 0.148. The molecule has 1 heteroatoms. The van der Waals surface area contributed by atoms with Gasteiger partial charge in [0.15, 0.2) is 0 Å². The van der Waals surface area contributed by atoms with E-state index in [4.69, 9.17) is 0 Å². The molecule has 0 atom stereocenters. The fourth-order valence-electron chi connectivity index (χ4n) is 2.51. The molecule has 0 saturated heterocycles. The van der Waals surface area contributed by atoms with Gasteiger partial charge < -0.3 is 5.11 Å². The molecule has 0 heterocycles. The molecule has 1 nitrogen and oxygen atoms in total. The SMILES string of the molecule is CCCCCCCCCCCCCC=CC(C)(C)C(C)(C)O. The van der Waals surface area contributed by atoms with E-state index in [0.29, 0.717) is 0 Å². The highest BCUT2D eigenvalue weighted by Crippen LogP contribution is 2.31. The number of allylic oxidation sites excluding steroid dienone is 1. The lowest BCUT2D eigenvalue weighted by Gasteiger charge is -2.34. The van der Waals surface area contributed by atoms with E-state index in [1.807, 2.05) is 13.8 Å². The summed E-state index contributed by atoms with van der Waals surface area (Å²) in [6.45, 7) is 10.3. The molecule has 0 amide bonds. The van der Waals surface area contributed by atoms with E-state index in [9.17, 15) is 5.11 Å². The summed E-state index contributed by atoms with van der Waals surface area (Å²) < 4.78 is 0. The molecular formula is C21H42O. The van der Waals surface area contributed by atoms with Crippen molar-refractivity contribution in [3.63, 3.8) is 0 Å². The Morgan fingerprint density at radius 3 is 1.50 bits per heavy atom. The minimum Gasteiger partial charge on any atom is -0.390 e. The van der Waals surface area contributed by atoms with Crippen molar-refractivity contribution in [3.05, 3.63) is 12.2 Å². The third-order valence-corrected chi connectivity index (χ3v) is 5.09. The first-order valence-corrected chi connectivity index (χ1v) is 9.71. The Morgan fingerprint density at radius 2 is 1.09 bits per heavy atom. The fourth-order valence-corrected chi connectivity index (χ4v) is 2.51. The van der Waals surface area contributed by atoms with E-state index < -0.39 is 5.60 Å². The van der Waals surface area contributed by atoms with Crippen LogP contribution in [-0.2, 0) is 0 Å². The van der Waals surface area contributed by atoms with Crippen LogP contribution in [0.2, 0.25) is 0 Å². The molecule has 0 saturated carbocycles. The summed E-state index contributed by atoms with van der Waals surface area (Å²) in [7, 11) is 0. The molecule has 0 aliphatic rings. The summed E-state index contributed by atoms with van der Waals surface area (Å²) in [6, 6.07) is 0. The quantitative estimate of drug-likeness (QED) is 0.269. The molecule has 1 N–H and O–H groups in total. The Hall–Kier alpha value is -0.300. The Kier molecular flexibility index (Phi) is 12.0. The number of aliphatic hydroxyl groups is 1. The third kappa shape index (κ3) is 11.3. The van der Waals surface area contributed by atoms with Gasteiger partial charge in [-0.05, 0) is 26.7 Å². The van der Waals surface area contributed by atoms with E-state index >= 15 is 0 Å². The van der Waals surface area contributed by atoms with Gasteiger partial charge in [-0.3, -0.25) is 0 Å². The van der Waals surface area contributed by atoms with Crippen molar-refractivity contribution < 1.29 is 5.11 Å². The third-order valence-electron chi connectivity index (χ3n) is 5.09. The predicted molar refractivity (Wildman–Crippen MR) is 100 cm³/mol. The zero-order chi connectivity index (χ0) is 16.9. The van der Waals surface area contributed by atoms with Crippen molar-refractivity contribution in [1.82, 2.24) is 0 Å². The summed E-state index contributed by atoms with van der Waals surface area (Å²) in [6.07, 6.45) is 21.0. The molecule has 0 aromatic heterocycles. The van der Waals surface area contributed by atoms with Crippen molar-refractivity contribution in [2.45, 2.75) is 117 Å². The summed E-state index contributed by atoms with van der Waals surface area (Å²) in [5.41, 5.74) is -0.800. The molecule has 0 fully saturated rings. The zero-order valence-corrected chi connectivity index (χ0v) is 16.1. The molecule has 0 aromatic carbocycles. The predicted octanol–water partition coefficient (Wildman–Crippen LogP) is 7.04. The van der Waals surface area contributed by atoms with Crippen LogP contribution in [-0.4, -0.2) is 10.7 Å². The standard InChI is InChI=1S/C21H42O/c1-6-7-8-9-10-11-12-13-14-15-16-17-18-19-20(2,3)21(4,5)22/h18-19,22H,6-17H2,1-5H3. The Labute approximate surface area is 140 Å². The summed E-state index contributed by atoms with van der Waals surface area (Å²) in [4.78, 5) is 0. The first-order valence-electron chi connectivity index (χ1n) is 9.71. The molecule has 0 aliphatic heterocycles. The van der Waals surface area contributed by atoms with Gasteiger partial charge in [0.2, 0.25) is 0 Å². The second kappa shape index (κ2) is 12.2. The van der Waals surface area contributed by atoms with Gasteiger partial charge in [-0.2, -0.15) is 0 Å². The molecule has 0 bridgehead atoms. The normalized spacial score (nSPS) is 13.2. The molecule has 22 heavy (non-hydrogen) atoms. The average molecular weight is 311 g/mol. The highest BCUT2D eigenvalue weighted by molar-refractivity contribution is 5.02. The van der Waals surface area contributed by atoms with Gasteiger partial charge in [0.05, 0.1) is 5.60 Å². The largest absolute Gasteiger partial charge is 0.390 e. The van der Waals surface area contributed by atoms with Crippen molar-refractivity contribution in [3.8, 4) is 0 Å². The second-order valence-electron chi connectivity index (χ2n) is 8.01. The van der Waals surface area contributed by atoms with E-state index in [0.717, 1.165) is 6.42 Å². The summed E-state index contributed by atoms with van der Waals surface area (Å²) in [5.74, 6) is 0. The number of hydrogen-bond acceptors (Lipinski definition) is 1. The topological polar surface area (TPSA) is 20.2 Å². The lowest BCUT2D eigenvalue weighted by atomic mass is 9.77. The van der Waals surface area contributed by atoms with Crippen LogP contribution in [0, 0.1) is 5.41 Å². The van der Waals surface area contributed by atoms with Crippen LogP contribution < -0.4 is 0 Å². The zero-order valence-electron chi connectivity index (χ0n) is 16.1. The van der Waals surface area contributed by atoms with Crippen LogP contribution in [0.15, 0.2) is 12.2 Å². The average Bonchev–Trinajstić information content (AvgIpc) is 2.42. The summed E-state index contributed by atoms with van der Waals surface area (Å²) >= 11 is 0. The highest BCUT2D eigenvalue weighted by atomic mass is 16.3. The van der Waals surface area contributed by atoms with Gasteiger partial charge in [-0.1, -0.05) is 97.1 Å². The Morgan fingerprint density at radius 1 is 0.682 bits per heavy atom. The van der Waals surface area contributed by atoms with Crippen LogP contribution >= 0.6 is 0 Å². The maximum absolute atomic E-state index is 10.1. The number of unbranched alkanes of at least 4 members (excludes halogenated alkanes) is 11. The van der Waals surface area contributed by atoms with Gasteiger partial charge in [0, 0.05) is 5.41 Å². The maximum atomic E-state index is 10.1. The van der Waals surface area contributed by atoms with E-state index in [-0.39, 0.29) is 5.41 Å². The minimum atomic E-state index is -0.652. The monoisotopic (exact) mass is 310 g/mol. The van der Waals surface area contributed by atoms with Gasteiger partial charge in [0.25, 0.3) is 0 Å². The van der Waals surface area contributed by atoms with Gasteiger partial charge in [-0.25, -0.2) is 0 Å².